The first-order valence-corrected chi connectivity index (χ1v) is 3.19. The number of hydrogen-bond donors (Lipinski definition) is 1. The molecule has 0 spiro atoms. The number of aliphatic hydroxyl groups excluding tert-OH is 1. The summed E-state index contributed by atoms with van der Waals surface area (Å²) in [7, 11) is 0. The molecule has 1 rings (SSSR count). The number of hydrogen-bond acceptors (Lipinski definition) is 2. The summed E-state index contributed by atoms with van der Waals surface area (Å²) in [6.45, 7) is 0. The standard InChI is InChI=1S/C9H7NO/c10-7-9(11)6-8-4-2-1-3-5-8/h1-6,11H. The van der Waals surface area contributed by atoms with E-state index in [1.165, 1.54) is 6.08 Å². The van der Waals surface area contributed by atoms with Crippen LogP contribution in [0.4, 0.5) is 0 Å². The number of allylic oxidation sites excluding steroid dienone is 1. The van der Waals surface area contributed by atoms with Crippen LogP contribution in [0.25, 0.3) is 6.08 Å². The first-order chi connectivity index (χ1) is 5.33. The molecule has 0 radical (unpaired) electrons. The fourth-order valence-electron chi connectivity index (χ4n) is 0.739. The topological polar surface area (TPSA) is 44.0 Å². The number of aliphatic hydroxyl groups is 1. The number of nitriles is 1. The Hall–Kier alpha value is -1.75. The van der Waals surface area contributed by atoms with Crippen molar-refractivity contribution in [1.29, 1.82) is 5.26 Å². The van der Waals surface area contributed by atoms with Crippen molar-refractivity contribution in [2.45, 2.75) is 0 Å². The van der Waals surface area contributed by atoms with Gasteiger partial charge in [0.05, 0.1) is 0 Å². The van der Waals surface area contributed by atoms with E-state index in [9.17, 15) is 0 Å². The molecule has 0 heterocycles. The van der Waals surface area contributed by atoms with Gasteiger partial charge in [0.15, 0.2) is 5.76 Å². The highest BCUT2D eigenvalue weighted by atomic mass is 16.3. The quantitative estimate of drug-likeness (QED) is 0.373. The first kappa shape index (κ1) is 7.36. The third-order valence-corrected chi connectivity index (χ3v) is 1.22. The Kier molecular flexibility index (Phi) is 2.29. The van der Waals surface area contributed by atoms with Gasteiger partial charge < -0.3 is 5.11 Å². The van der Waals surface area contributed by atoms with Crippen LogP contribution in [0.5, 0.6) is 0 Å². The maximum atomic E-state index is 8.81. The van der Waals surface area contributed by atoms with Crippen molar-refractivity contribution in [3.63, 3.8) is 0 Å². The van der Waals surface area contributed by atoms with Crippen molar-refractivity contribution in [2.75, 3.05) is 0 Å². The molecule has 0 unspecified atom stereocenters. The molecule has 2 nitrogen and oxygen atoms in total. The van der Waals surface area contributed by atoms with Crippen molar-refractivity contribution in [3.05, 3.63) is 41.7 Å². The Labute approximate surface area is 65.0 Å². The number of nitrogens with zero attached hydrogens (tertiary/aromatic N) is 1. The number of benzene rings is 1. The maximum absolute atomic E-state index is 8.81. The molecule has 0 saturated heterocycles. The Morgan fingerprint density at radius 1 is 1.36 bits per heavy atom. The second kappa shape index (κ2) is 3.43. The van der Waals surface area contributed by atoms with E-state index in [0.717, 1.165) is 5.56 Å². The van der Waals surface area contributed by atoms with Crippen LogP contribution in [0.1, 0.15) is 5.56 Å². The molecule has 0 saturated carbocycles. The van der Waals surface area contributed by atoms with Gasteiger partial charge in [-0.3, -0.25) is 0 Å². The van der Waals surface area contributed by atoms with Crippen LogP contribution in [-0.2, 0) is 0 Å². The summed E-state index contributed by atoms with van der Waals surface area (Å²) >= 11 is 0. The van der Waals surface area contributed by atoms with Gasteiger partial charge in [-0.2, -0.15) is 5.26 Å². The molecule has 0 aliphatic heterocycles. The van der Waals surface area contributed by atoms with Crippen LogP contribution in [0.2, 0.25) is 0 Å². The maximum Gasteiger partial charge on any atom is 0.195 e. The fourth-order valence-corrected chi connectivity index (χ4v) is 0.739. The predicted molar refractivity (Wildman–Crippen MR) is 42.7 cm³/mol. The van der Waals surface area contributed by atoms with Gasteiger partial charge in [-0.15, -0.1) is 0 Å². The highest BCUT2D eigenvalue weighted by Crippen LogP contribution is 2.02. The lowest BCUT2D eigenvalue weighted by molar-refractivity contribution is 0.442. The second-order valence-electron chi connectivity index (χ2n) is 2.05. The third kappa shape index (κ3) is 2.15. The zero-order valence-electron chi connectivity index (χ0n) is 5.86. The van der Waals surface area contributed by atoms with Crippen molar-refractivity contribution in [1.82, 2.24) is 0 Å². The van der Waals surface area contributed by atoms with E-state index in [0.29, 0.717) is 0 Å². The van der Waals surface area contributed by atoms with Crippen LogP contribution in [-0.4, -0.2) is 5.11 Å². The second-order valence-corrected chi connectivity index (χ2v) is 2.05. The Morgan fingerprint density at radius 3 is 2.55 bits per heavy atom. The van der Waals surface area contributed by atoms with Gasteiger partial charge >= 0.3 is 0 Å². The van der Waals surface area contributed by atoms with Gasteiger partial charge in [-0.05, 0) is 11.6 Å². The average molecular weight is 145 g/mol. The fraction of sp³-hybridized carbons (Fsp3) is 0. The Bertz CT molecular complexity index is 295. The van der Waals surface area contributed by atoms with Crippen LogP contribution in [0.3, 0.4) is 0 Å². The minimum Gasteiger partial charge on any atom is -0.499 e. The van der Waals surface area contributed by atoms with Gasteiger partial charge in [-0.25, -0.2) is 0 Å². The van der Waals surface area contributed by atoms with E-state index in [1.807, 2.05) is 30.3 Å². The zero-order chi connectivity index (χ0) is 8.10. The summed E-state index contributed by atoms with van der Waals surface area (Å²) in [4.78, 5) is 0. The van der Waals surface area contributed by atoms with Crippen LogP contribution in [0.15, 0.2) is 36.1 Å². The molecule has 0 amide bonds. The number of rotatable bonds is 1. The summed E-state index contributed by atoms with van der Waals surface area (Å²) in [5.41, 5.74) is 0.826. The van der Waals surface area contributed by atoms with E-state index >= 15 is 0 Å². The average Bonchev–Trinajstić information content (AvgIpc) is 2.06. The Balaban J connectivity index is 2.90. The molecule has 0 atom stereocenters. The smallest absolute Gasteiger partial charge is 0.195 e. The molecule has 54 valence electrons. The molecule has 0 aliphatic carbocycles. The van der Waals surface area contributed by atoms with Crippen molar-refractivity contribution in [2.24, 2.45) is 0 Å². The molecule has 1 aromatic rings. The highest BCUT2D eigenvalue weighted by molar-refractivity contribution is 5.53. The molecular weight excluding hydrogens is 138 g/mol. The monoisotopic (exact) mass is 145 g/mol. The van der Waals surface area contributed by atoms with E-state index in [-0.39, 0.29) is 5.76 Å². The summed E-state index contributed by atoms with van der Waals surface area (Å²) in [6, 6.07) is 10.8. The van der Waals surface area contributed by atoms with Gasteiger partial charge in [0, 0.05) is 0 Å². The molecule has 1 N–H and O–H groups in total. The minimum absolute atomic E-state index is 0.267. The summed E-state index contributed by atoms with van der Waals surface area (Å²) in [5.74, 6) is -0.267. The van der Waals surface area contributed by atoms with E-state index in [4.69, 9.17) is 10.4 Å². The van der Waals surface area contributed by atoms with E-state index in [2.05, 4.69) is 0 Å². The molecule has 11 heavy (non-hydrogen) atoms. The van der Waals surface area contributed by atoms with Gasteiger partial charge in [0.25, 0.3) is 0 Å². The lowest BCUT2D eigenvalue weighted by Gasteiger charge is -1.89. The summed E-state index contributed by atoms with van der Waals surface area (Å²) in [5, 5.41) is 17.0. The van der Waals surface area contributed by atoms with Crippen molar-refractivity contribution in [3.8, 4) is 6.07 Å². The van der Waals surface area contributed by atoms with Crippen LogP contribution >= 0.6 is 0 Å². The zero-order valence-corrected chi connectivity index (χ0v) is 5.86. The summed E-state index contributed by atoms with van der Waals surface area (Å²) < 4.78 is 0. The van der Waals surface area contributed by atoms with Gasteiger partial charge in [-0.1, -0.05) is 30.3 Å². The van der Waals surface area contributed by atoms with E-state index in [1.54, 1.807) is 6.07 Å². The third-order valence-electron chi connectivity index (χ3n) is 1.22. The molecule has 0 bridgehead atoms. The Morgan fingerprint density at radius 2 is 2.00 bits per heavy atom. The molecule has 2 heteroatoms. The highest BCUT2D eigenvalue weighted by Gasteiger charge is 1.88. The van der Waals surface area contributed by atoms with E-state index < -0.39 is 0 Å². The molecular formula is C9H7NO. The predicted octanol–water partition coefficient (Wildman–Crippen LogP) is 2.11. The van der Waals surface area contributed by atoms with Gasteiger partial charge in [0.1, 0.15) is 6.07 Å². The van der Waals surface area contributed by atoms with Crippen LogP contribution in [0, 0.1) is 11.3 Å². The van der Waals surface area contributed by atoms with Crippen molar-refractivity contribution < 1.29 is 5.11 Å². The van der Waals surface area contributed by atoms with Crippen molar-refractivity contribution >= 4 is 6.08 Å². The molecule has 0 aromatic heterocycles. The SMILES string of the molecule is N#CC(O)=Cc1ccccc1. The lowest BCUT2D eigenvalue weighted by atomic mass is 10.2. The molecule has 0 aliphatic rings. The lowest BCUT2D eigenvalue weighted by Crippen LogP contribution is -1.74. The van der Waals surface area contributed by atoms with Gasteiger partial charge in [0.2, 0.25) is 0 Å². The largest absolute Gasteiger partial charge is 0.499 e. The first-order valence-electron chi connectivity index (χ1n) is 3.19. The normalized spacial score (nSPS) is 10.6. The van der Waals surface area contributed by atoms with Crippen LogP contribution < -0.4 is 0 Å². The molecule has 0 fully saturated rings. The minimum atomic E-state index is -0.267. The molecule has 1 aromatic carbocycles. The summed E-state index contributed by atoms with van der Waals surface area (Å²) in [6.07, 6.45) is 1.42.